The van der Waals surface area contributed by atoms with Crippen molar-refractivity contribution >= 4 is 16.8 Å². The summed E-state index contributed by atoms with van der Waals surface area (Å²) in [6.07, 6.45) is 2.47. The molecule has 4 rings (SSSR count). The molecule has 3 aromatic rings. The quantitative estimate of drug-likeness (QED) is 0.707. The molecular weight excluding hydrogens is 348 g/mol. The minimum absolute atomic E-state index is 0.00853. The van der Waals surface area contributed by atoms with Crippen molar-refractivity contribution in [1.82, 2.24) is 20.3 Å². The van der Waals surface area contributed by atoms with Crippen molar-refractivity contribution in [2.24, 2.45) is 0 Å². The van der Waals surface area contributed by atoms with E-state index in [0.717, 1.165) is 12.0 Å². The fourth-order valence-electron chi connectivity index (χ4n) is 2.86. The van der Waals surface area contributed by atoms with Gasteiger partial charge in [0.1, 0.15) is 6.10 Å². The molecule has 1 aliphatic heterocycles. The summed E-state index contributed by atoms with van der Waals surface area (Å²) < 4.78 is 11.0. The Hall–Kier alpha value is -3.26. The number of pyridine rings is 1. The van der Waals surface area contributed by atoms with Crippen LogP contribution in [0.4, 0.5) is 0 Å². The lowest BCUT2D eigenvalue weighted by atomic mass is 10.2. The van der Waals surface area contributed by atoms with Crippen LogP contribution in [0.25, 0.3) is 10.9 Å². The molecule has 0 bridgehead atoms. The average molecular weight is 366 g/mol. The maximum absolute atomic E-state index is 12.4. The molecule has 8 heteroatoms. The van der Waals surface area contributed by atoms with Crippen LogP contribution in [-0.4, -0.2) is 40.2 Å². The van der Waals surface area contributed by atoms with Crippen LogP contribution in [0, 0.1) is 0 Å². The summed E-state index contributed by atoms with van der Waals surface area (Å²) in [6, 6.07) is 10.4. The highest BCUT2D eigenvalue weighted by Crippen LogP contribution is 2.15. The van der Waals surface area contributed by atoms with Gasteiger partial charge >= 0.3 is 0 Å². The molecule has 27 heavy (non-hydrogen) atoms. The van der Waals surface area contributed by atoms with Gasteiger partial charge < -0.3 is 19.8 Å². The summed E-state index contributed by atoms with van der Waals surface area (Å²) >= 11 is 0. The number of benzene rings is 1. The monoisotopic (exact) mass is 366 g/mol. The molecular formula is C19H18N4O4. The lowest BCUT2D eigenvalue weighted by molar-refractivity contribution is 0.0940. The van der Waals surface area contributed by atoms with Crippen molar-refractivity contribution < 1.29 is 14.3 Å². The molecule has 8 nitrogen and oxygen atoms in total. The van der Waals surface area contributed by atoms with E-state index in [1.807, 2.05) is 0 Å². The fourth-order valence-corrected chi connectivity index (χ4v) is 2.86. The average Bonchev–Trinajstić information content (AvgIpc) is 3.19. The van der Waals surface area contributed by atoms with Gasteiger partial charge in [-0.2, -0.15) is 0 Å². The third kappa shape index (κ3) is 3.95. The number of nitrogens with one attached hydrogen (secondary N) is 2. The zero-order chi connectivity index (χ0) is 18.6. The highest BCUT2D eigenvalue weighted by atomic mass is 16.5. The Morgan fingerprint density at radius 2 is 2.22 bits per heavy atom. The van der Waals surface area contributed by atoms with Gasteiger partial charge in [-0.3, -0.25) is 9.59 Å². The van der Waals surface area contributed by atoms with E-state index in [-0.39, 0.29) is 24.0 Å². The number of aromatic amines is 1. The lowest BCUT2D eigenvalue weighted by Gasteiger charge is -2.12. The molecule has 1 unspecified atom stereocenters. The van der Waals surface area contributed by atoms with E-state index in [4.69, 9.17) is 9.47 Å². The SMILES string of the molecule is O=C(NCc1ccnc(OC2CCOC2)c1)c1nc2ccccc2c(=O)[nH]1. The Labute approximate surface area is 154 Å². The Morgan fingerprint density at radius 1 is 1.33 bits per heavy atom. The number of fused-ring (bicyclic) bond motifs is 1. The Morgan fingerprint density at radius 3 is 3.07 bits per heavy atom. The van der Waals surface area contributed by atoms with Crippen molar-refractivity contribution in [3.63, 3.8) is 0 Å². The van der Waals surface area contributed by atoms with Crippen LogP contribution in [0.2, 0.25) is 0 Å². The normalized spacial score (nSPS) is 16.4. The second-order valence-electron chi connectivity index (χ2n) is 6.22. The first-order valence-electron chi connectivity index (χ1n) is 8.65. The molecule has 1 amide bonds. The number of hydrogen-bond donors (Lipinski definition) is 2. The molecule has 0 saturated carbocycles. The summed E-state index contributed by atoms with van der Waals surface area (Å²) in [5, 5.41) is 3.19. The van der Waals surface area contributed by atoms with Crippen LogP contribution < -0.4 is 15.6 Å². The second kappa shape index (κ2) is 7.55. The summed E-state index contributed by atoms with van der Waals surface area (Å²) in [4.78, 5) is 35.4. The van der Waals surface area contributed by atoms with Crippen molar-refractivity contribution in [1.29, 1.82) is 0 Å². The molecule has 138 valence electrons. The first-order chi connectivity index (χ1) is 13.2. The number of carbonyl (C=O) groups excluding carboxylic acids is 1. The van der Waals surface area contributed by atoms with Crippen molar-refractivity contribution in [2.75, 3.05) is 13.2 Å². The summed E-state index contributed by atoms with van der Waals surface area (Å²) in [7, 11) is 0. The van der Waals surface area contributed by atoms with E-state index < -0.39 is 5.91 Å². The Bertz CT molecular complexity index is 1030. The lowest BCUT2D eigenvalue weighted by Crippen LogP contribution is -2.27. The van der Waals surface area contributed by atoms with Gasteiger partial charge in [0.25, 0.3) is 11.5 Å². The first-order valence-corrected chi connectivity index (χ1v) is 8.65. The molecule has 2 aromatic heterocycles. The number of ether oxygens (including phenoxy) is 2. The highest BCUT2D eigenvalue weighted by molar-refractivity contribution is 5.92. The summed E-state index contributed by atoms with van der Waals surface area (Å²) in [5.41, 5.74) is 0.962. The first kappa shape index (κ1) is 17.2. The van der Waals surface area contributed by atoms with Crippen molar-refractivity contribution in [3.05, 3.63) is 64.3 Å². The van der Waals surface area contributed by atoms with E-state index in [2.05, 4.69) is 20.3 Å². The standard InChI is InChI=1S/C19H18N4O4/c24-18-14-3-1-2-4-15(14)22-17(23-18)19(25)21-10-12-5-7-20-16(9-12)27-13-6-8-26-11-13/h1-5,7,9,13H,6,8,10-11H2,(H,21,25)(H,22,23,24). The number of H-pyrrole nitrogens is 1. The Balaban J connectivity index is 1.44. The van der Waals surface area contributed by atoms with Crippen LogP contribution in [0.15, 0.2) is 47.4 Å². The topological polar surface area (TPSA) is 106 Å². The molecule has 0 spiro atoms. The molecule has 2 N–H and O–H groups in total. The van der Waals surface area contributed by atoms with Gasteiger partial charge in [0, 0.05) is 25.2 Å². The van der Waals surface area contributed by atoms with Crippen molar-refractivity contribution in [2.45, 2.75) is 19.1 Å². The molecule has 1 saturated heterocycles. The number of amides is 1. The zero-order valence-electron chi connectivity index (χ0n) is 14.5. The number of para-hydroxylation sites is 1. The summed E-state index contributed by atoms with van der Waals surface area (Å²) in [6.45, 7) is 1.51. The number of nitrogens with zero attached hydrogens (tertiary/aromatic N) is 2. The van der Waals surface area contributed by atoms with E-state index in [9.17, 15) is 9.59 Å². The largest absolute Gasteiger partial charge is 0.472 e. The number of hydrogen-bond acceptors (Lipinski definition) is 6. The zero-order valence-corrected chi connectivity index (χ0v) is 14.5. The highest BCUT2D eigenvalue weighted by Gasteiger charge is 2.18. The van der Waals surface area contributed by atoms with E-state index in [0.29, 0.717) is 30.0 Å². The second-order valence-corrected chi connectivity index (χ2v) is 6.22. The van der Waals surface area contributed by atoms with E-state index in [1.165, 1.54) is 0 Å². The number of aromatic nitrogens is 3. The van der Waals surface area contributed by atoms with Gasteiger partial charge in [0.15, 0.2) is 5.82 Å². The van der Waals surface area contributed by atoms with Gasteiger partial charge in [-0.25, -0.2) is 9.97 Å². The number of rotatable bonds is 5. The smallest absolute Gasteiger partial charge is 0.287 e. The van der Waals surface area contributed by atoms with E-state index in [1.54, 1.807) is 42.6 Å². The molecule has 1 fully saturated rings. The Kier molecular flexibility index (Phi) is 4.80. The molecule has 1 aromatic carbocycles. The maximum Gasteiger partial charge on any atom is 0.287 e. The van der Waals surface area contributed by atoms with Gasteiger partial charge in [-0.05, 0) is 23.8 Å². The van der Waals surface area contributed by atoms with Crippen LogP contribution in [-0.2, 0) is 11.3 Å². The fraction of sp³-hybridized carbons (Fsp3) is 0.263. The molecule has 1 atom stereocenters. The van der Waals surface area contributed by atoms with Gasteiger partial charge in [0.2, 0.25) is 5.88 Å². The van der Waals surface area contributed by atoms with Crippen LogP contribution in [0.5, 0.6) is 5.88 Å². The predicted molar refractivity (Wildman–Crippen MR) is 97.6 cm³/mol. The van der Waals surface area contributed by atoms with Gasteiger partial charge in [-0.15, -0.1) is 0 Å². The minimum atomic E-state index is -0.457. The molecule has 0 aliphatic carbocycles. The predicted octanol–water partition coefficient (Wildman–Crippen LogP) is 1.42. The molecule has 0 radical (unpaired) electrons. The third-order valence-electron chi connectivity index (χ3n) is 4.26. The van der Waals surface area contributed by atoms with E-state index >= 15 is 0 Å². The number of carbonyl (C=O) groups is 1. The molecule has 3 heterocycles. The van der Waals surface area contributed by atoms with Gasteiger partial charge in [-0.1, -0.05) is 12.1 Å². The maximum atomic E-state index is 12.4. The van der Waals surface area contributed by atoms with Crippen LogP contribution >= 0.6 is 0 Å². The van der Waals surface area contributed by atoms with Crippen molar-refractivity contribution in [3.8, 4) is 5.88 Å². The summed E-state index contributed by atoms with van der Waals surface area (Å²) in [5.74, 6) is 0.0168. The third-order valence-corrected chi connectivity index (χ3v) is 4.26. The van der Waals surface area contributed by atoms with Crippen LogP contribution in [0.3, 0.4) is 0 Å². The van der Waals surface area contributed by atoms with Gasteiger partial charge in [0.05, 0.1) is 24.1 Å². The molecule has 1 aliphatic rings. The van der Waals surface area contributed by atoms with Crippen LogP contribution in [0.1, 0.15) is 22.6 Å². The minimum Gasteiger partial charge on any atom is -0.472 e.